The smallest absolute Gasteiger partial charge is 0.0985 e. The minimum absolute atomic E-state index is 0.106. The molecule has 0 radical (unpaired) electrons. The number of ether oxygens (including phenoxy) is 1. The number of nitrogens with one attached hydrogen (secondary N) is 1. The molecule has 0 aliphatic rings. The molecular weight excluding hydrogens is 384 g/mol. The molecule has 0 saturated carbocycles. The van der Waals surface area contributed by atoms with E-state index in [1.165, 1.54) is 10.4 Å². The Bertz CT molecular complexity index is 861. The van der Waals surface area contributed by atoms with Crippen LogP contribution in [0.5, 0.6) is 0 Å². The highest BCUT2D eigenvalue weighted by molar-refractivity contribution is 7.14. The average molecular weight is 407 g/mol. The summed E-state index contributed by atoms with van der Waals surface area (Å²) in [6.07, 6.45) is -0.106. The first-order valence-electron chi connectivity index (χ1n) is 8.53. The molecule has 0 saturated heterocycles. The van der Waals surface area contributed by atoms with E-state index in [0.29, 0.717) is 0 Å². The summed E-state index contributed by atoms with van der Waals surface area (Å²) in [6, 6.07) is 10.4. The van der Waals surface area contributed by atoms with Gasteiger partial charge < -0.3 is 10.1 Å². The summed E-state index contributed by atoms with van der Waals surface area (Å²) in [5.74, 6) is 0. The maximum Gasteiger partial charge on any atom is 0.0985 e. The van der Waals surface area contributed by atoms with Crippen molar-refractivity contribution in [1.29, 1.82) is 0 Å². The van der Waals surface area contributed by atoms with Crippen LogP contribution >= 0.6 is 34.3 Å². The lowest BCUT2D eigenvalue weighted by atomic mass is 10.0. The SMILES string of the molecule is COC(c1ccccc1Cl)C(C)NC(C)c1csc(-c2csc(C)n2)c1. The standard InChI is InChI=1S/C20H23ClN2OS2/c1-12(15-9-19(26-10-15)18-11-25-14(3)23-18)22-13(2)20(24-4)16-7-5-6-8-17(16)21/h5-13,20,22H,1-4H3. The van der Waals surface area contributed by atoms with Gasteiger partial charge in [0, 0.05) is 35.2 Å². The lowest BCUT2D eigenvalue weighted by Gasteiger charge is -2.27. The van der Waals surface area contributed by atoms with Crippen molar-refractivity contribution >= 4 is 34.3 Å². The zero-order valence-corrected chi connectivity index (χ0v) is 17.7. The summed E-state index contributed by atoms with van der Waals surface area (Å²) in [5, 5.41) is 9.79. The van der Waals surface area contributed by atoms with Crippen LogP contribution < -0.4 is 5.32 Å². The molecule has 0 bridgehead atoms. The van der Waals surface area contributed by atoms with Gasteiger partial charge in [0.1, 0.15) is 0 Å². The second-order valence-corrected chi connectivity index (χ2v) is 8.73. The number of methoxy groups -OCH3 is 1. The quantitative estimate of drug-likeness (QED) is 0.502. The number of thiophene rings is 1. The van der Waals surface area contributed by atoms with Crippen molar-refractivity contribution in [2.45, 2.75) is 39.0 Å². The molecule has 1 N–H and O–H groups in total. The van der Waals surface area contributed by atoms with Crippen molar-refractivity contribution in [1.82, 2.24) is 10.3 Å². The molecule has 138 valence electrons. The number of hydrogen-bond acceptors (Lipinski definition) is 5. The maximum absolute atomic E-state index is 6.36. The second kappa shape index (κ2) is 8.63. The van der Waals surface area contributed by atoms with E-state index >= 15 is 0 Å². The van der Waals surface area contributed by atoms with Gasteiger partial charge in [0.2, 0.25) is 0 Å². The van der Waals surface area contributed by atoms with Gasteiger partial charge in [0.15, 0.2) is 0 Å². The Hall–Kier alpha value is -1.24. The summed E-state index contributed by atoms with van der Waals surface area (Å²) in [5.41, 5.74) is 3.33. The van der Waals surface area contributed by atoms with Gasteiger partial charge in [-0.25, -0.2) is 4.98 Å². The van der Waals surface area contributed by atoms with Crippen LogP contribution in [0.4, 0.5) is 0 Å². The highest BCUT2D eigenvalue weighted by Gasteiger charge is 2.23. The largest absolute Gasteiger partial charge is 0.375 e. The fourth-order valence-electron chi connectivity index (χ4n) is 3.07. The third-order valence-corrected chi connectivity index (χ3v) is 6.51. The Kier molecular flexibility index (Phi) is 6.48. The van der Waals surface area contributed by atoms with E-state index < -0.39 is 0 Å². The summed E-state index contributed by atoms with van der Waals surface area (Å²) in [6.45, 7) is 6.34. The lowest BCUT2D eigenvalue weighted by molar-refractivity contribution is 0.0701. The second-order valence-electron chi connectivity index (χ2n) is 6.35. The summed E-state index contributed by atoms with van der Waals surface area (Å²) in [7, 11) is 1.73. The van der Waals surface area contributed by atoms with Crippen LogP contribution in [0.25, 0.3) is 10.6 Å². The van der Waals surface area contributed by atoms with Gasteiger partial charge in [-0.15, -0.1) is 22.7 Å². The first-order chi connectivity index (χ1) is 12.5. The summed E-state index contributed by atoms with van der Waals surface area (Å²) in [4.78, 5) is 5.79. The van der Waals surface area contributed by atoms with Crippen molar-refractivity contribution in [3.05, 3.63) is 62.2 Å². The summed E-state index contributed by atoms with van der Waals surface area (Å²) >= 11 is 9.78. The van der Waals surface area contributed by atoms with Gasteiger partial charge >= 0.3 is 0 Å². The van der Waals surface area contributed by atoms with E-state index in [4.69, 9.17) is 16.3 Å². The predicted octanol–water partition coefficient (Wildman–Crippen LogP) is 6.26. The molecule has 26 heavy (non-hydrogen) atoms. The van der Waals surface area contributed by atoms with Crippen LogP contribution in [0, 0.1) is 6.92 Å². The zero-order valence-electron chi connectivity index (χ0n) is 15.3. The molecule has 3 nitrogen and oxygen atoms in total. The fraction of sp³-hybridized carbons (Fsp3) is 0.350. The molecule has 0 fully saturated rings. The van der Waals surface area contributed by atoms with E-state index in [2.05, 4.69) is 41.0 Å². The Labute approximate surface area is 168 Å². The normalized spacial score (nSPS) is 15.0. The van der Waals surface area contributed by atoms with Gasteiger partial charge in [-0.05, 0) is 43.8 Å². The van der Waals surface area contributed by atoms with E-state index in [1.54, 1.807) is 29.8 Å². The van der Waals surface area contributed by atoms with Crippen molar-refractivity contribution < 1.29 is 4.74 Å². The Balaban J connectivity index is 1.71. The number of nitrogens with zero attached hydrogens (tertiary/aromatic N) is 1. The topological polar surface area (TPSA) is 34.1 Å². The lowest BCUT2D eigenvalue weighted by Crippen LogP contribution is -2.35. The van der Waals surface area contributed by atoms with Crippen molar-refractivity contribution in [2.24, 2.45) is 0 Å². The molecule has 3 unspecified atom stereocenters. The molecule has 0 amide bonds. The number of thiazole rings is 1. The average Bonchev–Trinajstić information content (AvgIpc) is 3.26. The highest BCUT2D eigenvalue weighted by Crippen LogP contribution is 2.32. The van der Waals surface area contributed by atoms with Crippen LogP contribution in [0.1, 0.15) is 42.1 Å². The van der Waals surface area contributed by atoms with Gasteiger partial charge in [-0.2, -0.15) is 0 Å². The van der Waals surface area contributed by atoms with Crippen molar-refractivity contribution in [3.63, 3.8) is 0 Å². The third-order valence-electron chi connectivity index (χ3n) is 4.42. The van der Waals surface area contributed by atoms with Crippen molar-refractivity contribution in [3.8, 4) is 10.6 Å². The zero-order chi connectivity index (χ0) is 18.7. The van der Waals surface area contributed by atoms with E-state index in [-0.39, 0.29) is 18.2 Å². The minimum atomic E-state index is -0.106. The van der Waals surface area contributed by atoms with E-state index in [9.17, 15) is 0 Å². The van der Waals surface area contributed by atoms with E-state index in [1.807, 2.05) is 31.2 Å². The minimum Gasteiger partial charge on any atom is -0.375 e. The molecule has 0 aliphatic carbocycles. The monoisotopic (exact) mass is 406 g/mol. The Morgan fingerprint density at radius 1 is 1.15 bits per heavy atom. The highest BCUT2D eigenvalue weighted by atomic mass is 35.5. The molecule has 6 heteroatoms. The molecule has 1 aromatic carbocycles. The van der Waals surface area contributed by atoms with Crippen LogP contribution in [0.2, 0.25) is 5.02 Å². The number of rotatable bonds is 7. The van der Waals surface area contributed by atoms with E-state index in [0.717, 1.165) is 21.3 Å². The fourth-order valence-corrected chi connectivity index (χ4v) is 4.97. The van der Waals surface area contributed by atoms with Crippen LogP contribution in [-0.4, -0.2) is 18.1 Å². The van der Waals surface area contributed by atoms with Gasteiger partial charge in [0.25, 0.3) is 0 Å². The first kappa shape index (κ1) is 19.5. The number of halogens is 1. The molecule has 3 atom stereocenters. The Morgan fingerprint density at radius 2 is 1.92 bits per heavy atom. The van der Waals surface area contributed by atoms with Gasteiger partial charge in [-0.3, -0.25) is 0 Å². The molecular formula is C20H23ClN2OS2. The van der Waals surface area contributed by atoms with Gasteiger partial charge in [0.05, 0.1) is 21.7 Å². The number of benzene rings is 1. The molecule has 0 aliphatic heterocycles. The maximum atomic E-state index is 6.36. The van der Waals surface area contributed by atoms with Crippen LogP contribution in [0.3, 0.4) is 0 Å². The Morgan fingerprint density at radius 3 is 2.58 bits per heavy atom. The number of aromatic nitrogens is 1. The number of aryl methyl sites for hydroxylation is 1. The molecule has 2 aromatic heterocycles. The number of hydrogen-bond donors (Lipinski definition) is 1. The van der Waals surface area contributed by atoms with Crippen LogP contribution in [0.15, 0.2) is 41.1 Å². The molecule has 2 heterocycles. The first-order valence-corrected chi connectivity index (χ1v) is 10.7. The van der Waals surface area contributed by atoms with Crippen molar-refractivity contribution in [2.75, 3.05) is 7.11 Å². The van der Waals surface area contributed by atoms with Crippen LogP contribution in [-0.2, 0) is 4.74 Å². The summed E-state index contributed by atoms with van der Waals surface area (Å²) < 4.78 is 5.74. The predicted molar refractivity (Wildman–Crippen MR) is 112 cm³/mol. The van der Waals surface area contributed by atoms with Gasteiger partial charge in [-0.1, -0.05) is 29.8 Å². The molecule has 3 aromatic rings. The molecule has 0 spiro atoms. The molecule has 3 rings (SSSR count). The third kappa shape index (κ3) is 4.35.